The van der Waals surface area contributed by atoms with Gasteiger partial charge in [0.1, 0.15) is 28.9 Å². The van der Waals surface area contributed by atoms with Crippen LogP contribution in [0.5, 0.6) is 0 Å². The lowest BCUT2D eigenvalue weighted by Gasteiger charge is -2.49. The van der Waals surface area contributed by atoms with Crippen LogP contribution in [-0.4, -0.2) is 67.7 Å². The number of hydrogen-bond acceptors (Lipinski definition) is 10. The number of pyridine rings is 1. The Balaban J connectivity index is 1.32. The highest BCUT2D eigenvalue weighted by atomic mass is 32.2. The van der Waals surface area contributed by atoms with E-state index in [1.807, 2.05) is 0 Å². The smallest absolute Gasteiger partial charge is 0.352 e. The lowest BCUT2D eigenvalue weighted by Crippen LogP contribution is -2.71. The molecule has 13 nitrogen and oxygen atoms in total. The van der Waals surface area contributed by atoms with Gasteiger partial charge in [0.05, 0.1) is 5.56 Å². The summed E-state index contributed by atoms with van der Waals surface area (Å²) in [4.78, 5) is 60.2. The SMILES string of the molecule is NC(=O)c1cc[n+](CC2=C(C(=O)O)N3C(=O)[C@@H](NC(=O)C(=NOC4CC4)c4csc(N)n4)[C@@H]3SC2)cc1. The molecular formula is C22H22N7O6S2+. The number of nitrogens with zero attached hydrogens (tertiary/aromatic N) is 4. The summed E-state index contributed by atoms with van der Waals surface area (Å²) in [5.74, 6) is -2.71. The predicted octanol–water partition coefficient (Wildman–Crippen LogP) is -0.566. The van der Waals surface area contributed by atoms with E-state index >= 15 is 0 Å². The number of nitrogen functional groups attached to an aromatic ring is 1. The van der Waals surface area contributed by atoms with Crippen LogP contribution in [0, 0.1) is 0 Å². The van der Waals surface area contributed by atoms with Crippen molar-refractivity contribution < 1.29 is 33.7 Å². The van der Waals surface area contributed by atoms with E-state index in [2.05, 4.69) is 15.5 Å². The number of aromatic nitrogens is 2. The maximum Gasteiger partial charge on any atom is 0.352 e. The van der Waals surface area contributed by atoms with Crippen LogP contribution < -0.4 is 21.4 Å². The second-order valence-electron chi connectivity index (χ2n) is 8.56. The molecule has 2 atom stereocenters. The van der Waals surface area contributed by atoms with Gasteiger partial charge in [0.2, 0.25) is 5.91 Å². The van der Waals surface area contributed by atoms with Crippen LogP contribution in [0.3, 0.4) is 0 Å². The van der Waals surface area contributed by atoms with Crippen molar-refractivity contribution in [1.29, 1.82) is 0 Å². The number of β-lactam (4-membered cyclic amide) rings is 1. The lowest BCUT2D eigenvalue weighted by molar-refractivity contribution is -0.689. The van der Waals surface area contributed by atoms with E-state index in [1.165, 1.54) is 28.8 Å². The van der Waals surface area contributed by atoms with Gasteiger partial charge in [-0.05, 0) is 12.8 Å². The van der Waals surface area contributed by atoms with Crippen molar-refractivity contribution in [2.75, 3.05) is 11.5 Å². The molecule has 4 heterocycles. The number of primary amides is 1. The van der Waals surface area contributed by atoms with Gasteiger partial charge in [-0.3, -0.25) is 19.3 Å². The van der Waals surface area contributed by atoms with Gasteiger partial charge in [-0.25, -0.2) is 14.3 Å². The van der Waals surface area contributed by atoms with Crippen LogP contribution in [0.2, 0.25) is 0 Å². The number of thioether (sulfide) groups is 1. The quantitative estimate of drug-likeness (QED) is 0.138. The second kappa shape index (κ2) is 9.82. The molecule has 0 spiro atoms. The molecule has 1 saturated heterocycles. The number of nitrogens with one attached hydrogen (secondary N) is 1. The molecule has 1 aliphatic carbocycles. The third-order valence-electron chi connectivity index (χ3n) is 5.88. The van der Waals surface area contributed by atoms with E-state index in [9.17, 15) is 24.3 Å². The molecule has 0 unspecified atom stereocenters. The topological polar surface area (TPSA) is 194 Å². The van der Waals surface area contributed by atoms with Crippen LogP contribution in [0.15, 0.2) is 46.3 Å². The molecule has 2 fully saturated rings. The highest BCUT2D eigenvalue weighted by Crippen LogP contribution is 2.40. The number of oxime groups is 1. The molecule has 192 valence electrons. The zero-order valence-electron chi connectivity index (χ0n) is 19.2. The number of nitrogens with two attached hydrogens (primary N) is 2. The van der Waals surface area contributed by atoms with Crippen molar-refractivity contribution in [3.8, 4) is 0 Å². The number of carboxylic acids is 1. The molecule has 2 aromatic heterocycles. The summed E-state index contributed by atoms with van der Waals surface area (Å²) in [6, 6.07) is 2.12. The summed E-state index contributed by atoms with van der Waals surface area (Å²) >= 11 is 2.48. The Hall–Kier alpha value is -3.98. The van der Waals surface area contributed by atoms with Gasteiger partial charge in [-0.1, -0.05) is 5.16 Å². The Morgan fingerprint density at radius 1 is 1.30 bits per heavy atom. The summed E-state index contributed by atoms with van der Waals surface area (Å²) in [6.07, 6.45) is 4.85. The highest BCUT2D eigenvalue weighted by Gasteiger charge is 2.54. The van der Waals surface area contributed by atoms with Crippen molar-refractivity contribution in [1.82, 2.24) is 15.2 Å². The molecule has 0 bridgehead atoms. The third kappa shape index (κ3) is 4.99. The van der Waals surface area contributed by atoms with Crippen molar-refractivity contribution >= 4 is 57.6 Å². The summed E-state index contributed by atoms with van der Waals surface area (Å²) < 4.78 is 1.69. The summed E-state index contributed by atoms with van der Waals surface area (Å²) in [5.41, 5.74) is 11.8. The van der Waals surface area contributed by atoms with Crippen molar-refractivity contribution in [2.45, 2.75) is 36.9 Å². The number of carbonyl (C=O) groups excluding carboxylic acids is 3. The molecular weight excluding hydrogens is 522 g/mol. The first kappa shape index (κ1) is 24.7. The van der Waals surface area contributed by atoms with Crippen LogP contribution in [0.1, 0.15) is 28.9 Å². The summed E-state index contributed by atoms with van der Waals surface area (Å²) in [6.45, 7) is 0.196. The van der Waals surface area contributed by atoms with Gasteiger partial charge in [0.25, 0.3) is 11.8 Å². The van der Waals surface area contributed by atoms with E-state index in [4.69, 9.17) is 16.3 Å². The highest BCUT2D eigenvalue weighted by molar-refractivity contribution is 8.00. The fraction of sp³-hybridized carbons (Fsp3) is 0.318. The van der Waals surface area contributed by atoms with Crippen LogP contribution in [0.4, 0.5) is 5.13 Å². The fourth-order valence-corrected chi connectivity index (χ4v) is 5.75. The molecule has 5 rings (SSSR count). The minimum absolute atomic E-state index is 0.0555. The van der Waals surface area contributed by atoms with Crippen molar-refractivity contribution in [3.63, 3.8) is 0 Å². The summed E-state index contributed by atoms with van der Waals surface area (Å²) in [7, 11) is 0. The predicted molar refractivity (Wildman–Crippen MR) is 132 cm³/mol. The van der Waals surface area contributed by atoms with E-state index in [0.29, 0.717) is 16.9 Å². The molecule has 15 heteroatoms. The monoisotopic (exact) mass is 544 g/mol. The van der Waals surface area contributed by atoms with E-state index in [1.54, 1.807) is 22.3 Å². The first-order chi connectivity index (χ1) is 17.7. The van der Waals surface area contributed by atoms with Crippen LogP contribution in [-0.2, 0) is 25.8 Å². The van der Waals surface area contributed by atoms with Crippen LogP contribution >= 0.6 is 23.1 Å². The first-order valence-electron chi connectivity index (χ1n) is 11.2. The van der Waals surface area contributed by atoms with Gasteiger partial charge in [-0.15, -0.1) is 23.1 Å². The minimum atomic E-state index is -1.24. The Bertz CT molecular complexity index is 1350. The molecule has 6 N–H and O–H groups in total. The number of thiazole rings is 1. The third-order valence-corrected chi connectivity index (χ3v) is 7.90. The van der Waals surface area contributed by atoms with Gasteiger partial charge < -0.3 is 26.7 Å². The molecule has 3 amide bonds. The molecule has 0 radical (unpaired) electrons. The number of fused-ring (bicyclic) bond motifs is 1. The number of carboxylic acid groups (broad SMARTS) is 1. The minimum Gasteiger partial charge on any atom is -0.477 e. The zero-order chi connectivity index (χ0) is 26.3. The molecule has 2 aromatic rings. The molecule has 3 aliphatic rings. The number of amides is 3. The number of rotatable bonds is 9. The van der Waals surface area contributed by atoms with Crippen molar-refractivity contribution in [2.24, 2.45) is 10.9 Å². The van der Waals surface area contributed by atoms with E-state index in [0.717, 1.165) is 24.2 Å². The average Bonchev–Trinajstić information content (AvgIpc) is 3.60. The first-order valence-corrected chi connectivity index (χ1v) is 13.1. The standard InChI is InChI=1S/C22H21N7O6S2/c23-17(30)10-3-5-28(6-4-10)7-11-8-36-20-15(19(32)29(20)16(11)21(33)34)26-18(31)14(27-35-12-1-2-12)13-9-37-22(24)25-13/h3-6,9,12,15,20H,1-2,7-8H2,(H5-,23,24,25,26,30,31,33,34)/p+1/t15-,20+/m1/s1. The maximum atomic E-state index is 13.1. The number of carbonyl (C=O) groups is 4. The Morgan fingerprint density at radius 3 is 2.62 bits per heavy atom. The number of hydrogen-bond donors (Lipinski definition) is 4. The normalized spacial score (nSPS) is 21.2. The average molecular weight is 545 g/mol. The van der Waals surface area contributed by atoms with Gasteiger partial charge in [0.15, 0.2) is 29.8 Å². The molecule has 2 aliphatic heterocycles. The fourth-order valence-electron chi connectivity index (χ4n) is 3.86. The van der Waals surface area contributed by atoms with Gasteiger partial charge in [0, 0.05) is 28.8 Å². The largest absolute Gasteiger partial charge is 0.477 e. The number of anilines is 1. The Morgan fingerprint density at radius 2 is 2.03 bits per heavy atom. The second-order valence-corrected chi connectivity index (χ2v) is 10.6. The van der Waals surface area contributed by atoms with E-state index < -0.39 is 35.1 Å². The zero-order valence-corrected chi connectivity index (χ0v) is 20.8. The van der Waals surface area contributed by atoms with Gasteiger partial charge >= 0.3 is 5.97 Å². The van der Waals surface area contributed by atoms with Crippen LogP contribution in [0.25, 0.3) is 0 Å². The number of aliphatic carboxylic acids is 1. The summed E-state index contributed by atoms with van der Waals surface area (Å²) in [5, 5.41) is 17.7. The Kier molecular flexibility index (Phi) is 6.55. The Labute approximate surface area is 218 Å². The molecule has 1 saturated carbocycles. The maximum absolute atomic E-state index is 13.1. The van der Waals surface area contributed by atoms with Gasteiger partial charge in [-0.2, -0.15) is 0 Å². The lowest BCUT2D eigenvalue weighted by atomic mass is 10.0. The molecule has 0 aromatic carbocycles. The molecule has 37 heavy (non-hydrogen) atoms. The van der Waals surface area contributed by atoms with E-state index in [-0.39, 0.29) is 34.9 Å². The van der Waals surface area contributed by atoms with Crippen molar-refractivity contribution in [3.05, 3.63) is 52.4 Å².